The molecule has 0 aliphatic heterocycles. The third kappa shape index (κ3) is 4.83. The first-order chi connectivity index (χ1) is 25.7. The predicted octanol–water partition coefficient (Wildman–Crippen LogP) is 11.8. The van der Waals surface area contributed by atoms with Crippen LogP contribution >= 0.6 is 0 Å². The van der Waals surface area contributed by atoms with Crippen LogP contribution in [0, 0.1) is 13.8 Å². The number of hydrogen-bond acceptors (Lipinski definition) is 3. The van der Waals surface area contributed by atoms with Gasteiger partial charge >= 0.3 is 310 Å². The fourth-order valence-corrected chi connectivity index (χ4v) is 10.7. The van der Waals surface area contributed by atoms with Crippen LogP contribution in [0.15, 0.2) is 152 Å². The third-order valence-corrected chi connectivity index (χ3v) is 13.1. The average molecular weight is 731 g/mol. The molecule has 0 N–H and O–H groups in total. The molecule has 0 bridgehead atoms. The van der Waals surface area contributed by atoms with Gasteiger partial charge in [-0.25, -0.2) is 0 Å². The van der Waals surface area contributed by atoms with Gasteiger partial charge in [0.25, 0.3) is 0 Å². The number of aromatic nitrogens is 3. The molecule has 0 amide bonds. The first-order valence-electron chi connectivity index (χ1n) is 17.8. The molecule has 9 aromatic rings. The zero-order chi connectivity index (χ0) is 34.8. The first-order valence-corrected chi connectivity index (χ1v) is 19.5. The van der Waals surface area contributed by atoms with Crippen LogP contribution in [-0.2, 0) is 6.42 Å². The van der Waals surface area contributed by atoms with Crippen molar-refractivity contribution in [2.45, 2.75) is 20.3 Å². The van der Waals surface area contributed by atoms with E-state index in [9.17, 15) is 0 Å². The van der Waals surface area contributed by atoms with Gasteiger partial charge in [0.2, 0.25) is 0 Å². The molecule has 2 aromatic heterocycles. The molecule has 4 heteroatoms. The van der Waals surface area contributed by atoms with Gasteiger partial charge in [-0.3, -0.25) is 0 Å². The molecule has 10 rings (SSSR count). The number of nitrogens with zero attached hydrogens (tertiary/aromatic N) is 3. The Hall–Kier alpha value is -5.93. The molecule has 0 spiro atoms. The Morgan fingerprint density at radius 3 is 1.96 bits per heavy atom. The minimum atomic E-state index is 0.228. The van der Waals surface area contributed by atoms with E-state index in [1.807, 2.05) is 6.07 Å². The normalized spacial score (nSPS) is 12.0. The van der Waals surface area contributed by atoms with Gasteiger partial charge in [-0.15, -0.1) is 0 Å². The molecule has 1 aliphatic carbocycles. The summed E-state index contributed by atoms with van der Waals surface area (Å²) in [7, 11) is 0. The van der Waals surface area contributed by atoms with Gasteiger partial charge in [0.1, 0.15) is 0 Å². The zero-order valence-electron chi connectivity index (χ0n) is 28.9. The van der Waals surface area contributed by atoms with Gasteiger partial charge in [0.15, 0.2) is 0 Å². The summed E-state index contributed by atoms with van der Waals surface area (Å²) in [5, 5.41) is 16.8. The molecule has 7 aromatic carbocycles. The van der Waals surface area contributed by atoms with Crippen molar-refractivity contribution >= 4 is 33.8 Å². The van der Waals surface area contributed by atoms with Crippen molar-refractivity contribution in [2.24, 2.45) is 0 Å². The van der Waals surface area contributed by atoms with E-state index in [4.69, 9.17) is 10.2 Å². The molecule has 1 aliphatic rings. The van der Waals surface area contributed by atoms with Gasteiger partial charge < -0.3 is 0 Å². The quantitative estimate of drug-likeness (QED) is 0.166. The van der Waals surface area contributed by atoms with Crippen molar-refractivity contribution < 1.29 is 0 Å². The third-order valence-electron chi connectivity index (χ3n) is 10.8. The molecule has 0 unspecified atom stereocenters. The molecule has 0 atom stereocenters. The maximum atomic E-state index is 4.96. The zero-order valence-corrected chi connectivity index (χ0v) is 30.6. The Balaban J connectivity index is 1.36. The predicted molar refractivity (Wildman–Crippen MR) is 217 cm³/mol. The summed E-state index contributed by atoms with van der Waals surface area (Å²) in [6.07, 6.45) is 0.910. The van der Waals surface area contributed by atoms with Gasteiger partial charge in [0.05, 0.1) is 0 Å². The number of rotatable bonds is 5. The summed E-state index contributed by atoms with van der Waals surface area (Å²) in [6, 6.07) is 54.9. The molecule has 2 heterocycles. The number of hydrogen-bond donors (Lipinski definition) is 0. The molecule has 0 saturated heterocycles. The van der Waals surface area contributed by atoms with Crippen LogP contribution in [0.4, 0.5) is 0 Å². The summed E-state index contributed by atoms with van der Waals surface area (Å²) < 4.78 is 2.85. The van der Waals surface area contributed by atoms with Crippen molar-refractivity contribution in [3.05, 3.63) is 174 Å². The molecule has 0 saturated carbocycles. The van der Waals surface area contributed by atoms with Crippen molar-refractivity contribution in [1.29, 1.82) is 0 Å². The summed E-state index contributed by atoms with van der Waals surface area (Å²) in [4.78, 5) is 0. The summed E-state index contributed by atoms with van der Waals surface area (Å²) in [5.41, 5.74) is 18.8. The van der Waals surface area contributed by atoms with E-state index in [2.05, 4.69) is 165 Å². The van der Waals surface area contributed by atoms with Crippen LogP contribution < -0.4 is 0 Å². The van der Waals surface area contributed by atoms with Crippen LogP contribution in [0.3, 0.4) is 0 Å². The SMILES string of the molecule is Cc1cc2c(c(-c3cccc(-c4nnnc(-c5ccccc5)c4-c4ccccc4)c3-c3cccc4[se]c5ccccc5c34)c1C)Cc1ccccc1-2. The van der Waals surface area contributed by atoms with Crippen molar-refractivity contribution in [2.75, 3.05) is 0 Å². The Labute approximate surface area is 309 Å². The molecule has 246 valence electrons. The van der Waals surface area contributed by atoms with Crippen LogP contribution in [-0.4, -0.2) is 29.9 Å². The molecule has 52 heavy (non-hydrogen) atoms. The van der Waals surface area contributed by atoms with Crippen LogP contribution in [0.1, 0.15) is 22.3 Å². The Kier molecular flexibility index (Phi) is 7.35. The number of benzene rings is 7. The average Bonchev–Trinajstić information content (AvgIpc) is 3.77. The second-order valence-electron chi connectivity index (χ2n) is 13.7. The minimum absolute atomic E-state index is 0.228. The Bertz CT molecular complexity index is 2840. The van der Waals surface area contributed by atoms with Crippen molar-refractivity contribution in [3.8, 4) is 67.0 Å². The van der Waals surface area contributed by atoms with E-state index < -0.39 is 0 Å². The van der Waals surface area contributed by atoms with Gasteiger partial charge in [-0.1, -0.05) is 0 Å². The fraction of sp³-hybridized carbons (Fsp3) is 0.0625. The molecule has 0 radical (unpaired) electrons. The van der Waals surface area contributed by atoms with Gasteiger partial charge in [0, 0.05) is 0 Å². The van der Waals surface area contributed by atoms with Gasteiger partial charge in [-0.2, -0.15) is 0 Å². The summed E-state index contributed by atoms with van der Waals surface area (Å²) in [6.45, 7) is 4.56. The van der Waals surface area contributed by atoms with Crippen LogP contribution in [0.25, 0.3) is 86.3 Å². The Morgan fingerprint density at radius 1 is 0.481 bits per heavy atom. The van der Waals surface area contributed by atoms with E-state index in [0.29, 0.717) is 0 Å². The Morgan fingerprint density at radius 2 is 1.12 bits per heavy atom. The topological polar surface area (TPSA) is 38.7 Å². The molecule has 3 nitrogen and oxygen atoms in total. The second kappa shape index (κ2) is 12.4. The first kappa shape index (κ1) is 30.9. The van der Waals surface area contributed by atoms with Crippen LogP contribution in [0.5, 0.6) is 0 Å². The van der Waals surface area contributed by atoms with E-state index in [-0.39, 0.29) is 14.5 Å². The molecule has 0 fully saturated rings. The van der Waals surface area contributed by atoms with Crippen LogP contribution in [0.2, 0.25) is 0 Å². The van der Waals surface area contributed by atoms with E-state index >= 15 is 0 Å². The number of aryl methyl sites for hydroxylation is 1. The fourth-order valence-electron chi connectivity index (χ4n) is 8.31. The van der Waals surface area contributed by atoms with E-state index in [1.54, 1.807) is 0 Å². The standard InChI is InChI=1S/C48H33N3Se/c1-29-27-39-34-20-10-9-19-33(34)28-40(39)43(30(29)2)36-22-13-24-38(45(36)37-23-14-26-42-46(37)35-21-11-12-25-41(35)52-42)48-44(31-15-5-3-6-16-31)47(49-51-50-48)32-17-7-4-8-18-32/h3-27H,28H2,1-2H3. The maximum absolute atomic E-state index is 4.96. The molecular formula is C48H33N3Se. The van der Waals surface area contributed by atoms with Crippen molar-refractivity contribution in [3.63, 3.8) is 0 Å². The monoisotopic (exact) mass is 731 g/mol. The van der Waals surface area contributed by atoms with E-state index in [0.717, 1.165) is 40.1 Å². The molecular weight excluding hydrogens is 698 g/mol. The van der Waals surface area contributed by atoms with Gasteiger partial charge in [-0.05, 0) is 0 Å². The number of fused-ring (bicyclic) bond motifs is 6. The van der Waals surface area contributed by atoms with E-state index in [1.165, 1.54) is 74.9 Å². The second-order valence-corrected chi connectivity index (χ2v) is 15.9. The van der Waals surface area contributed by atoms with Crippen molar-refractivity contribution in [1.82, 2.24) is 15.4 Å². The summed E-state index contributed by atoms with van der Waals surface area (Å²) >= 11 is 0.228. The summed E-state index contributed by atoms with van der Waals surface area (Å²) in [5.74, 6) is 0.